The van der Waals surface area contributed by atoms with Crippen LogP contribution in [0.25, 0.3) is 0 Å². The van der Waals surface area contributed by atoms with Gasteiger partial charge in [0.05, 0.1) is 6.04 Å². The van der Waals surface area contributed by atoms with Gasteiger partial charge in [-0.2, -0.15) is 0 Å². The van der Waals surface area contributed by atoms with Crippen LogP contribution in [0.2, 0.25) is 0 Å². The fraction of sp³-hybridized carbons (Fsp3) is 0.357. The van der Waals surface area contributed by atoms with Gasteiger partial charge in [-0.3, -0.25) is 0 Å². The summed E-state index contributed by atoms with van der Waals surface area (Å²) < 4.78 is 0. The van der Waals surface area contributed by atoms with E-state index >= 15 is 0 Å². The molecule has 1 aromatic carbocycles. The van der Waals surface area contributed by atoms with Crippen LogP contribution >= 0.6 is 11.3 Å². The molecule has 1 unspecified atom stereocenters. The summed E-state index contributed by atoms with van der Waals surface area (Å²) >= 11 is 1.74. The molecule has 90 valence electrons. The van der Waals surface area contributed by atoms with Crippen LogP contribution < -0.4 is 5.32 Å². The first-order chi connectivity index (χ1) is 8.29. The van der Waals surface area contributed by atoms with Crippen LogP contribution in [-0.4, -0.2) is 12.0 Å². The number of thiazole rings is 1. The van der Waals surface area contributed by atoms with E-state index in [9.17, 15) is 0 Å². The minimum absolute atomic E-state index is 0.369. The molecule has 1 aromatic heterocycles. The zero-order valence-corrected chi connectivity index (χ0v) is 11.1. The van der Waals surface area contributed by atoms with Crippen molar-refractivity contribution in [2.75, 3.05) is 7.05 Å². The summed E-state index contributed by atoms with van der Waals surface area (Å²) in [7, 11) is 2.01. The van der Waals surface area contributed by atoms with Gasteiger partial charge in [-0.05, 0) is 32.4 Å². The molecule has 1 N–H and O–H groups in total. The number of aryl methyl sites for hydroxylation is 2. The Labute approximate surface area is 107 Å². The molecule has 2 nitrogen and oxygen atoms in total. The quantitative estimate of drug-likeness (QED) is 0.875. The van der Waals surface area contributed by atoms with E-state index in [0.717, 1.165) is 18.5 Å². The van der Waals surface area contributed by atoms with Crippen LogP contribution in [0.5, 0.6) is 0 Å². The summed E-state index contributed by atoms with van der Waals surface area (Å²) in [5.74, 6) is 0. The highest BCUT2D eigenvalue weighted by Crippen LogP contribution is 2.22. The van der Waals surface area contributed by atoms with Gasteiger partial charge in [0.1, 0.15) is 5.01 Å². The number of hydrogen-bond acceptors (Lipinski definition) is 3. The second-order valence-corrected chi connectivity index (χ2v) is 5.08. The van der Waals surface area contributed by atoms with Crippen molar-refractivity contribution in [3.8, 4) is 0 Å². The van der Waals surface area contributed by atoms with Crippen LogP contribution in [0.4, 0.5) is 0 Å². The Morgan fingerprint density at radius 2 is 2.06 bits per heavy atom. The summed E-state index contributed by atoms with van der Waals surface area (Å²) in [6.45, 7) is 2.05. The highest BCUT2D eigenvalue weighted by atomic mass is 32.1. The Hall–Kier alpha value is -1.19. The van der Waals surface area contributed by atoms with Crippen molar-refractivity contribution in [3.05, 3.63) is 52.0 Å². The first kappa shape index (κ1) is 12.3. The lowest BCUT2D eigenvalue weighted by Crippen LogP contribution is -2.17. The van der Waals surface area contributed by atoms with Crippen LogP contribution in [-0.2, 0) is 6.42 Å². The van der Waals surface area contributed by atoms with Crippen molar-refractivity contribution in [2.24, 2.45) is 0 Å². The van der Waals surface area contributed by atoms with E-state index in [0.29, 0.717) is 6.04 Å². The molecule has 3 heteroatoms. The van der Waals surface area contributed by atoms with Gasteiger partial charge in [0.15, 0.2) is 0 Å². The third-order valence-electron chi connectivity index (χ3n) is 2.85. The number of hydrogen-bond donors (Lipinski definition) is 1. The molecular weight excluding hydrogens is 228 g/mol. The normalized spacial score (nSPS) is 12.6. The molecule has 0 aliphatic heterocycles. The molecule has 2 aromatic rings. The smallest absolute Gasteiger partial charge is 0.110 e. The third kappa shape index (κ3) is 3.38. The predicted molar refractivity (Wildman–Crippen MR) is 73.4 cm³/mol. The second kappa shape index (κ2) is 5.94. The lowest BCUT2D eigenvalue weighted by molar-refractivity contribution is 0.546. The number of rotatable bonds is 5. The number of aromatic nitrogens is 1. The SMILES string of the molecule is CNC(CCc1ccccc1)c1nc(C)cs1. The molecule has 0 amide bonds. The number of nitrogens with one attached hydrogen (secondary N) is 1. The lowest BCUT2D eigenvalue weighted by atomic mass is 10.1. The van der Waals surface area contributed by atoms with E-state index in [1.165, 1.54) is 10.6 Å². The van der Waals surface area contributed by atoms with Crippen LogP contribution in [0.15, 0.2) is 35.7 Å². The Bertz CT molecular complexity index is 450. The zero-order valence-electron chi connectivity index (χ0n) is 10.3. The topological polar surface area (TPSA) is 24.9 Å². The lowest BCUT2D eigenvalue weighted by Gasteiger charge is -2.13. The van der Waals surface area contributed by atoms with E-state index in [-0.39, 0.29) is 0 Å². The minimum Gasteiger partial charge on any atom is -0.311 e. The summed E-state index contributed by atoms with van der Waals surface area (Å²) in [6.07, 6.45) is 2.18. The molecule has 0 fully saturated rings. The Morgan fingerprint density at radius 1 is 1.29 bits per heavy atom. The molecule has 0 bridgehead atoms. The van der Waals surface area contributed by atoms with Gasteiger partial charge in [-0.25, -0.2) is 4.98 Å². The standard InChI is InChI=1S/C14H18N2S/c1-11-10-17-14(16-11)13(15-2)9-8-12-6-4-3-5-7-12/h3-7,10,13,15H,8-9H2,1-2H3. The summed E-state index contributed by atoms with van der Waals surface area (Å²) in [5, 5.41) is 6.66. The Kier molecular flexibility index (Phi) is 4.29. The monoisotopic (exact) mass is 246 g/mol. The maximum absolute atomic E-state index is 4.55. The average molecular weight is 246 g/mol. The van der Waals surface area contributed by atoms with Crippen LogP contribution in [0.1, 0.15) is 28.7 Å². The molecule has 1 atom stereocenters. The van der Waals surface area contributed by atoms with Gasteiger partial charge >= 0.3 is 0 Å². The van der Waals surface area contributed by atoms with E-state index in [2.05, 4.69) is 46.0 Å². The summed E-state index contributed by atoms with van der Waals surface area (Å²) in [6, 6.07) is 11.0. The average Bonchev–Trinajstić information content (AvgIpc) is 2.78. The first-order valence-electron chi connectivity index (χ1n) is 5.93. The fourth-order valence-corrected chi connectivity index (χ4v) is 2.82. The highest BCUT2D eigenvalue weighted by Gasteiger charge is 2.12. The van der Waals surface area contributed by atoms with Gasteiger partial charge in [0, 0.05) is 11.1 Å². The van der Waals surface area contributed by atoms with Crippen molar-refractivity contribution < 1.29 is 0 Å². The Balaban J connectivity index is 1.97. The summed E-state index contributed by atoms with van der Waals surface area (Å²) in [4.78, 5) is 4.55. The molecule has 1 heterocycles. The van der Waals surface area contributed by atoms with E-state index in [4.69, 9.17) is 0 Å². The molecule has 0 aliphatic rings. The molecular formula is C14H18N2S. The van der Waals surface area contributed by atoms with Crippen molar-refractivity contribution >= 4 is 11.3 Å². The molecule has 0 saturated heterocycles. The van der Waals surface area contributed by atoms with Crippen molar-refractivity contribution in [1.82, 2.24) is 10.3 Å². The van der Waals surface area contributed by atoms with Gasteiger partial charge in [0.25, 0.3) is 0 Å². The highest BCUT2D eigenvalue weighted by molar-refractivity contribution is 7.09. The maximum Gasteiger partial charge on any atom is 0.110 e. The molecule has 0 spiro atoms. The van der Waals surface area contributed by atoms with Gasteiger partial charge in [0.2, 0.25) is 0 Å². The maximum atomic E-state index is 4.55. The fourth-order valence-electron chi connectivity index (χ4n) is 1.88. The van der Waals surface area contributed by atoms with E-state index in [1.54, 1.807) is 11.3 Å². The molecule has 2 rings (SSSR count). The molecule has 0 radical (unpaired) electrons. The number of nitrogens with zero attached hydrogens (tertiary/aromatic N) is 1. The molecule has 17 heavy (non-hydrogen) atoms. The first-order valence-corrected chi connectivity index (χ1v) is 6.81. The predicted octanol–water partition coefficient (Wildman–Crippen LogP) is 3.34. The molecule has 0 saturated carbocycles. The molecule has 0 aliphatic carbocycles. The van der Waals surface area contributed by atoms with E-state index < -0.39 is 0 Å². The summed E-state index contributed by atoms with van der Waals surface area (Å²) in [5.41, 5.74) is 2.51. The third-order valence-corrected chi connectivity index (χ3v) is 3.92. The van der Waals surface area contributed by atoms with Gasteiger partial charge in [-0.1, -0.05) is 30.3 Å². The van der Waals surface area contributed by atoms with Gasteiger partial charge in [-0.15, -0.1) is 11.3 Å². The van der Waals surface area contributed by atoms with E-state index in [1.807, 2.05) is 14.0 Å². The van der Waals surface area contributed by atoms with Crippen molar-refractivity contribution in [2.45, 2.75) is 25.8 Å². The number of benzene rings is 1. The van der Waals surface area contributed by atoms with Crippen LogP contribution in [0.3, 0.4) is 0 Å². The van der Waals surface area contributed by atoms with Crippen molar-refractivity contribution in [1.29, 1.82) is 0 Å². The second-order valence-electron chi connectivity index (χ2n) is 4.19. The minimum atomic E-state index is 0.369. The Morgan fingerprint density at radius 3 is 2.65 bits per heavy atom. The largest absolute Gasteiger partial charge is 0.311 e. The van der Waals surface area contributed by atoms with Gasteiger partial charge < -0.3 is 5.32 Å². The van der Waals surface area contributed by atoms with Crippen LogP contribution in [0, 0.1) is 6.92 Å². The zero-order chi connectivity index (χ0) is 12.1. The van der Waals surface area contributed by atoms with Crippen molar-refractivity contribution in [3.63, 3.8) is 0 Å².